The normalized spacial score (nSPS) is 17.7. The third-order valence-corrected chi connectivity index (χ3v) is 3.83. The number of aryl methyl sites for hydroxylation is 1. The summed E-state index contributed by atoms with van der Waals surface area (Å²) >= 11 is 0. The highest BCUT2D eigenvalue weighted by Crippen LogP contribution is 2.33. The van der Waals surface area contributed by atoms with Crippen molar-refractivity contribution in [3.63, 3.8) is 0 Å². The van der Waals surface area contributed by atoms with Crippen LogP contribution in [0.2, 0.25) is 0 Å². The molecule has 0 aromatic carbocycles. The lowest BCUT2D eigenvalue weighted by Crippen LogP contribution is -2.30. The average Bonchev–Trinajstić information content (AvgIpc) is 3.15. The quantitative estimate of drug-likeness (QED) is 0.942. The van der Waals surface area contributed by atoms with E-state index in [1.165, 1.54) is 18.3 Å². The molecule has 22 heavy (non-hydrogen) atoms. The topological polar surface area (TPSA) is 83.6 Å². The van der Waals surface area contributed by atoms with Crippen molar-refractivity contribution in [2.24, 2.45) is 0 Å². The number of pyridine rings is 1. The summed E-state index contributed by atoms with van der Waals surface area (Å²) in [7, 11) is 0. The lowest BCUT2D eigenvalue weighted by Gasteiger charge is -2.23. The molecule has 1 aliphatic heterocycles. The largest absolute Gasteiger partial charge is 0.477 e. The molecule has 0 unspecified atom stereocenters. The molecule has 0 bridgehead atoms. The predicted octanol–water partition coefficient (Wildman–Crippen LogP) is 2.66. The van der Waals surface area contributed by atoms with Gasteiger partial charge in [-0.1, -0.05) is 0 Å². The maximum atomic E-state index is 12.6. The summed E-state index contributed by atoms with van der Waals surface area (Å²) in [4.78, 5) is 29.0. The number of aromatic carboxylic acids is 1. The Morgan fingerprint density at radius 1 is 1.32 bits per heavy atom. The van der Waals surface area contributed by atoms with Gasteiger partial charge in [0.25, 0.3) is 5.91 Å². The molecule has 2 aromatic rings. The molecule has 1 fully saturated rings. The van der Waals surface area contributed by atoms with Gasteiger partial charge in [-0.15, -0.1) is 0 Å². The Labute approximate surface area is 127 Å². The first kappa shape index (κ1) is 14.3. The average molecular weight is 300 g/mol. The molecule has 1 saturated heterocycles. The number of hydrogen-bond donors (Lipinski definition) is 1. The maximum absolute atomic E-state index is 12.6. The monoisotopic (exact) mass is 300 g/mol. The molecular formula is C16H16N2O4. The van der Waals surface area contributed by atoms with Crippen LogP contribution in [0.25, 0.3) is 0 Å². The number of hydrogen-bond acceptors (Lipinski definition) is 4. The SMILES string of the molecule is Cc1ccc([C@@H]2CCCN2C(=O)c2ccc(C(=O)O)nc2)o1. The fourth-order valence-electron chi connectivity index (χ4n) is 2.75. The number of carboxylic acids is 1. The molecule has 1 N–H and O–H groups in total. The van der Waals surface area contributed by atoms with Crippen LogP contribution in [0, 0.1) is 6.92 Å². The number of carbonyl (C=O) groups excluding carboxylic acids is 1. The molecular weight excluding hydrogens is 284 g/mol. The van der Waals surface area contributed by atoms with E-state index >= 15 is 0 Å². The van der Waals surface area contributed by atoms with Crippen LogP contribution in [-0.2, 0) is 0 Å². The molecule has 3 heterocycles. The molecule has 6 nitrogen and oxygen atoms in total. The van der Waals surface area contributed by atoms with Crippen molar-refractivity contribution < 1.29 is 19.1 Å². The second-order valence-corrected chi connectivity index (χ2v) is 5.34. The van der Waals surface area contributed by atoms with Gasteiger partial charge in [-0.3, -0.25) is 4.79 Å². The number of nitrogens with zero attached hydrogens (tertiary/aromatic N) is 2. The summed E-state index contributed by atoms with van der Waals surface area (Å²) in [5, 5.41) is 8.85. The fourth-order valence-corrected chi connectivity index (χ4v) is 2.75. The second-order valence-electron chi connectivity index (χ2n) is 5.34. The van der Waals surface area contributed by atoms with Crippen LogP contribution in [0.5, 0.6) is 0 Å². The van der Waals surface area contributed by atoms with Crippen molar-refractivity contribution in [2.75, 3.05) is 6.54 Å². The smallest absolute Gasteiger partial charge is 0.354 e. The summed E-state index contributed by atoms with van der Waals surface area (Å²) in [5.74, 6) is 0.352. The molecule has 114 valence electrons. The van der Waals surface area contributed by atoms with Gasteiger partial charge in [0.2, 0.25) is 0 Å². The molecule has 0 radical (unpaired) electrons. The number of carboxylic acid groups (broad SMARTS) is 1. The van der Waals surface area contributed by atoms with Gasteiger partial charge in [-0.2, -0.15) is 0 Å². The van der Waals surface area contributed by atoms with Gasteiger partial charge in [-0.25, -0.2) is 9.78 Å². The first-order valence-corrected chi connectivity index (χ1v) is 7.13. The molecule has 3 rings (SSSR count). The van der Waals surface area contributed by atoms with E-state index in [4.69, 9.17) is 9.52 Å². The van der Waals surface area contributed by atoms with E-state index in [0.29, 0.717) is 12.1 Å². The van der Waals surface area contributed by atoms with E-state index < -0.39 is 5.97 Å². The van der Waals surface area contributed by atoms with Crippen molar-refractivity contribution in [1.82, 2.24) is 9.88 Å². The molecule has 0 aliphatic carbocycles. The first-order chi connectivity index (χ1) is 10.6. The first-order valence-electron chi connectivity index (χ1n) is 7.13. The highest BCUT2D eigenvalue weighted by molar-refractivity contribution is 5.95. The van der Waals surface area contributed by atoms with Crippen molar-refractivity contribution in [3.05, 3.63) is 53.2 Å². The molecule has 2 aromatic heterocycles. The van der Waals surface area contributed by atoms with Crippen LogP contribution >= 0.6 is 0 Å². The highest BCUT2D eigenvalue weighted by atomic mass is 16.4. The van der Waals surface area contributed by atoms with E-state index in [9.17, 15) is 9.59 Å². The Balaban J connectivity index is 1.82. The van der Waals surface area contributed by atoms with Crippen LogP contribution in [0.1, 0.15) is 51.3 Å². The summed E-state index contributed by atoms with van der Waals surface area (Å²) in [6.45, 7) is 2.53. The fraction of sp³-hybridized carbons (Fsp3) is 0.312. The minimum atomic E-state index is -1.11. The molecule has 1 atom stereocenters. The van der Waals surface area contributed by atoms with Gasteiger partial charge in [0.15, 0.2) is 0 Å². The van der Waals surface area contributed by atoms with Crippen molar-refractivity contribution in [1.29, 1.82) is 0 Å². The Kier molecular flexibility index (Phi) is 3.66. The van der Waals surface area contributed by atoms with Gasteiger partial charge < -0.3 is 14.4 Å². The van der Waals surface area contributed by atoms with Gasteiger partial charge in [-0.05, 0) is 44.0 Å². The zero-order valence-electron chi connectivity index (χ0n) is 12.2. The number of aromatic nitrogens is 1. The third kappa shape index (κ3) is 2.59. The predicted molar refractivity (Wildman–Crippen MR) is 77.7 cm³/mol. The van der Waals surface area contributed by atoms with Crippen LogP contribution < -0.4 is 0 Å². The summed E-state index contributed by atoms with van der Waals surface area (Å²) in [6.07, 6.45) is 3.09. The third-order valence-electron chi connectivity index (χ3n) is 3.83. The van der Waals surface area contributed by atoms with Gasteiger partial charge >= 0.3 is 5.97 Å². The molecule has 0 saturated carbocycles. The number of rotatable bonds is 3. The van der Waals surface area contributed by atoms with E-state index in [1.54, 1.807) is 4.90 Å². The van der Waals surface area contributed by atoms with Crippen LogP contribution in [-0.4, -0.2) is 33.4 Å². The lowest BCUT2D eigenvalue weighted by atomic mass is 10.1. The standard InChI is InChI=1S/C16H16N2O4/c1-10-4-7-14(22-10)13-3-2-8-18(13)15(19)11-5-6-12(16(20)21)17-9-11/h4-7,9,13H,2-3,8H2,1H3,(H,20,21)/t13-/m0/s1. The van der Waals surface area contributed by atoms with Gasteiger partial charge in [0, 0.05) is 12.7 Å². The lowest BCUT2D eigenvalue weighted by molar-refractivity contribution is 0.0684. The Hall–Kier alpha value is -2.63. The minimum absolute atomic E-state index is 0.0691. The Morgan fingerprint density at radius 3 is 2.73 bits per heavy atom. The van der Waals surface area contributed by atoms with Crippen molar-refractivity contribution in [2.45, 2.75) is 25.8 Å². The highest BCUT2D eigenvalue weighted by Gasteiger charge is 2.32. The number of likely N-dealkylation sites (tertiary alicyclic amines) is 1. The van der Waals surface area contributed by atoms with Crippen molar-refractivity contribution in [3.8, 4) is 0 Å². The van der Waals surface area contributed by atoms with Crippen LogP contribution in [0.15, 0.2) is 34.9 Å². The molecule has 6 heteroatoms. The summed E-state index contributed by atoms with van der Waals surface area (Å²) < 4.78 is 5.65. The zero-order valence-corrected chi connectivity index (χ0v) is 12.2. The Morgan fingerprint density at radius 2 is 2.14 bits per heavy atom. The molecule has 1 amide bonds. The number of amides is 1. The summed E-state index contributed by atoms with van der Waals surface area (Å²) in [5.41, 5.74) is 0.316. The maximum Gasteiger partial charge on any atom is 0.354 e. The number of furan rings is 1. The Bertz CT molecular complexity index is 705. The summed E-state index contributed by atoms with van der Waals surface area (Å²) in [6, 6.07) is 6.57. The molecule has 1 aliphatic rings. The van der Waals surface area contributed by atoms with E-state index in [-0.39, 0.29) is 17.6 Å². The van der Waals surface area contributed by atoms with E-state index in [0.717, 1.165) is 24.4 Å². The van der Waals surface area contributed by atoms with Crippen LogP contribution in [0.4, 0.5) is 0 Å². The minimum Gasteiger partial charge on any atom is -0.477 e. The van der Waals surface area contributed by atoms with Crippen LogP contribution in [0.3, 0.4) is 0 Å². The van der Waals surface area contributed by atoms with Gasteiger partial charge in [0.05, 0.1) is 11.6 Å². The van der Waals surface area contributed by atoms with E-state index in [1.807, 2.05) is 19.1 Å². The zero-order chi connectivity index (χ0) is 15.7. The molecule has 0 spiro atoms. The second kappa shape index (κ2) is 5.63. The van der Waals surface area contributed by atoms with Crippen molar-refractivity contribution >= 4 is 11.9 Å². The van der Waals surface area contributed by atoms with E-state index in [2.05, 4.69) is 4.98 Å². The van der Waals surface area contributed by atoms with Gasteiger partial charge in [0.1, 0.15) is 17.2 Å². The number of carbonyl (C=O) groups is 2.